The van der Waals surface area contributed by atoms with Crippen molar-refractivity contribution in [3.8, 4) is 11.9 Å². The summed E-state index contributed by atoms with van der Waals surface area (Å²) in [6, 6.07) is 6.02. The van der Waals surface area contributed by atoms with Crippen LogP contribution in [0.3, 0.4) is 0 Å². The maximum absolute atomic E-state index is 13.7. The molecule has 0 spiro atoms. The van der Waals surface area contributed by atoms with Gasteiger partial charge in [-0.15, -0.1) is 0 Å². The Hall–Kier alpha value is -3.39. The van der Waals surface area contributed by atoms with Crippen LogP contribution in [0.25, 0.3) is 11.2 Å². The summed E-state index contributed by atoms with van der Waals surface area (Å²) < 4.78 is 52.8. The molecule has 40 heavy (non-hydrogen) atoms. The molecule has 4 saturated carbocycles. The van der Waals surface area contributed by atoms with Gasteiger partial charge in [0.2, 0.25) is 5.88 Å². The molecule has 0 amide bonds. The van der Waals surface area contributed by atoms with Crippen molar-refractivity contribution in [2.75, 3.05) is 13.2 Å². The third-order valence-corrected chi connectivity index (χ3v) is 9.46. The van der Waals surface area contributed by atoms with Gasteiger partial charge in [-0.2, -0.15) is 18.4 Å². The van der Waals surface area contributed by atoms with E-state index in [1.54, 1.807) is 12.3 Å². The molecule has 1 saturated heterocycles. The monoisotopic (exact) mass is 550 g/mol. The summed E-state index contributed by atoms with van der Waals surface area (Å²) in [5.41, 5.74) is 1.40. The van der Waals surface area contributed by atoms with E-state index in [1.807, 2.05) is 19.9 Å². The molecule has 1 aliphatic heterocycles. The lowest BCUT2D eigenvalue weighted by molar-refractivity contribution is -0.337. The maximum atomic E-state index is 13.7. The fraction of sp³-hybridized carbons (Fsp3) is 0.586. The Bertz CT molecular complexity index is 1530. The number of nitrogens with zero attached hydrogens (tertiary/aromatic N) is 6. The Balaban J connectivity index is 1.14. The fourth-order valence-electron chi connectivity index (χ4n) is 6.60. The van der Waals surface area contributed by atoms with Crippen LogP contribution in [0.5, 0.6) is 5.88 Å². The van der Waals surface area contributed by atoms with Gasteiger partial charge in [-0.3, -0.25) is 0 Å². The Kier molecular flexibility index (Phi) is 5.47. The van der Waals surface area contributed by atoms with Crippen molar-refractivity contribution in [2.24, 2.45) is 10.8 Å². The Labute approximate surface area is 229 Å². The zero-order valence-corrected chi connectivity index (χ0v) is 22.4. The second kappa shape index (κ2) is 8.56. The first-order valence-electron chi connectivity index (χ1n) is 13.8. The number of hydrogen-bond donors (Lipinski definition) is 0. The van der Waals surface area contributed by atoms with Crippen molar-refractivity contribution in [3.63, 3.8) is 0 Å². The molecular weight excluding hydrogens is 521 g/mol. The van der Waals surface area contributed by atoms with Crippen molar-refractivity contribution >= 4 is 11.2 Å². The number of ether oxygens (including phenoxy) is 2. The molecule has 11 heteroatoms. The average Bonchev–Trinajstić information content (AvgIpc) is 3.67. The first kappa shape index (κ1) is 25.6. The Morgan fingerprint density at radius 1 is 1.07 bits per heavy atom. The van der Waals surface area contributed by atoms with Gasteiger partial charge in [0.25, 0.3) is 0 Å². The van der Waals surface area contributed by atoms with E-state index in [1.165, 1.54) is 0 Å². The molecule has 3 aromatic rings. The zero-order chi connectivity index (χ0) is 27.9. The van der Waals surface area contributed by atoms with Gasteiger partial charge >= 0.3 is 6.18 Å². The number of aryl methyl sites for hydroxylation is 2. The normalized spacial score (nSPS) is 30.2. The lowest BCUT2D eigenvalue weighted by atomic mass is 9.34. The molecule has 0 unspecified atom stereocenters. The molecule has 0 radical (unpaired) electrons. The minimum Gasteiger partial charge on any atom is -0.476 e. The highest BCUT2D eigenvalue weighted by molar-refractivity contribution is 5.75. The van der Waals surface area contributed by atoms with E-state index in [9.17, 15) is 18.4 Å². The van der Waals surface area contributed by atoms with Crippen LogP contribution in [0, 0.1) is 36.0 Å². The highest BCUT2D eigenvalue weighted by Crippen LogP contribution is 2.78. The molecule has 5 aliphatic rings. The minimum atomic E-state index is -4.20. The minimum absolute atomic E-state index is 0.0458. The molecule has 8 rings (SSSR count). The second-order valence-electron chi connectivity index (χ2n) is 12.3. The van der Waals surface area contributed by atoms with Crippen LogP contribution in [0.1, 0.15) is 85.4 Å². The Morgan fingerprint density at radius 2 is 1.82 bits per heavy atom. The second-order valence-corrected chi connectivity index (χ2v) is 12.3. The lowest BCUT2D eigenvalue weighted by Gasteiger charge is -2.70. The Morgan fingerprint density at radius 3 is 2.48 bits per heavy atom. The molecule has 2 bridgehead atoms. The molecule has 4 heterocycles. The summed E-state index contributed by atoms with van der Waals surface area (Å²) >= 11 is 0. The van der Waals surface area contributed by atoms with Crippen molar-refractivity contribution in [3.05, 3.63) is 46.8 Å². The van der Waals surface area contributed by atoms with Crippen molar-refractivity contribution in [2.45, 2.75) is 82.4 Å². The van der Waals surface area contributed by atoms with Gasteiger partial charge < -0.3 is 9.47 Å². The van der Waals surface area contributed by atoms with E-state index in [2.05, 4.69) is 16.0 Å². The summed E-state index contributed by atoms with van der Waals surface area (Å²) in [5.74, 6) is 1.02. The van der Waals surface area contributed by atoms with Gasteiger partial charge in [0.05, 0.1) is 40.1 Å². The number of hydrogen-bond acceptors (Lipinski definition) is 8. The number of alkyl halides is 3. The van der Waals surface area contributed by atoms with Gasteiger partial charge in [-0.1, -0.05) is 0 Å². The zero-order valence-electron chi connectivity index (χ0n) is 22.4. The summed E-state index contributed by atoms with van der Waals surface area (Å²) in [6.07, 6.45) is 0.477. The maximum Gasteiger partial charge on any atom is 0.394 e. The number of aromatic nitrogens is 5. The smallest absolute Gasteiger partial charge is 0.394 e. The number of halogens is 3. The van der Waals surface area contributed by atoms with Crippen molar-refractivity contribution in [1.29, 1.82) is 5.26 Å². The average molecular weight is 551 g/mol. The molecule has 0 N–H and O–H groups in total. The number of rotatable bonds is 6. The van der Waals surface area contributed by atoms with E-state index < -0.39 is 17.0 Å². The van der Waals surface area contributed by atoms with E-state index >= 15 is 0 Å². The third-order valence-electron chi connectivity index (χ3n) is 9.46. The largest absolute Gasteiger partial charge is 0.476 e. The lowest BCUT2D eigenvalue weighted by Crippen LogP contribution is -2.70. The van der Waals surface area contributed by atoms with Crippen molar-refractivity contribution in [1.82, 2.24) is 24.9 Å². The van der Waals surface area contributed by atoms with Crippen LogP contribution in [0.15, 0.2) is 18.3 Å². The van der Waals surface area contributed by atoms with Crippen LogP contribution in [0.4, 0.5) is 13.2 Å². The molecular formula is C29H29F3N6O2. The fourth-order valence-corrected chi connectivity index (χ4v) is 6.60. The molecule has 2 atom stereocenters. The summed E-state index contributed by atoms with van der Waals surface area (Å²) in [4.78, 5) is 23.5. The van der Waals surface area contributed by atoms with Gasteiger partial charge in [0, 0.05) is 30.2 Å². The van der Waals surface area contributed by atoms with E-state index in [0.717, 1.165) is 29.8 Å². The highest BCUT2D eigenvalue weighted by atomic mass is 19.4. The third kappa shape index (κ3) is 3.94. The van der Waals surface area contributed by atoms with Crippen LogP contribution in [-0.4, -0.2) is 44.3 Å². The van der Waals surface area contributed by atoms with Gasteiger partial charge in [-0.25, -0.2) is 24.9 Å². The van der Waals surface area contributed by atoms with E-state index in [-0.39, 0.29) is 36.7 Å². The van der Waals surface area contributed by atoms with E-state index in [0.29, 0.717) is 54.6 Å². The molecule has 0 aromatic carbocycles. The number of fused-ring (bicyclic) bond motifs is 1. The number of nitriles is 1. The summed E-state index contributed by atoms with van der Waals surface area (Å²) in [5, 5.41) is 9.25. The SMILES string of the molecule is Cc1nc2nc([C@H]3CCO[C@@H](c4ccc(OCC5(C#N)CC5)nc4)C3)nc(C34CC(C(F)(F)F)(C3)C4)c2nc1C. The summed E-state index contributed by atoms with van der Waals surface area (Å²) in [7, 11) is 0. The highest BCUT2D eigenvalue weighted by Gasteiger charge is 2.79. The quantitative estimate of drug-likeness (QED) is 0.383. The van der Waals surface area contributed by atoms with Gasteiger partial charge in [0.15, 0.2) is 5.65 Å². The predicted octanol–water partition coefficient (Wildman–Crippen LogP) is 5.73. The van der Waals surface area contributed by atoms with Crippen LogP contribution >= 0.6 is 0 Å². The molecule has 8 nitrogen and oxygen atoms in total. The number of pyridine rings is 1. The van der Waals surface area contributed by atoms with E-state index in [4.69, 9.17) is 24.4 Å². The van der Waals surface area contributed by atoms with Gasteiger partial charge in [-0.05, 0) is 70.4 Å². The first-order chi connectivity index (χ1) is 19.0. The summed E-state index contributed by atoms with van der Waals surface area (Å²) in [6.45, 7) is 4.54. The first-order valence-corrected chi connectivity index (χ1v) is 13.8. The van der Waals surface area contributed by atoms with Crippen molar-refractivity contribution < 1.29 is 22.6 Å². The predicted molar refractivity (Wildman–Crippen MR) is 136 cm³/mol. The van der Waals surface area contributed by atoms with Gasteiger partial charge in [0.1, 0.15) is 17.9 Å². The molecule has 5 fully saturated rings. The van der Waals surface area contributed by atoms with Crippen LogP contribution < -0.4 is 4.74 Å². The van der Waals surface area contributed by atoms with Crippen LogP contribution in [0.2, 0.25) is 0 Å². The molecule has 4 aliphatic carbocycles. The molecule has 208 valence electrons. The topological polar surface area (TPSA) is 107 Å². The van der Waals surface area contributed by atoms with Crippen LogP contribution in [-0.2, 0) is 10.2 Å². The molecule has 3 aromatic heterocycles. The standard InChI is InChI=1S/C29H29F3N6O2/c1-16-17(2)36-25-22(35-16)23(27-11-28(12-27,13-27)29(30,31)32)37-24(38-25)18-5-8-39-20(9-18)19-3-4-21(34-10-19)40-15-26(14-33)6-7-26/h3-4,10,18,20H,5-9,11-13,15H2,1-2H3/t18-,20+,27?,28?/m0/s1.